The molecule has 2 atom stereocenters. The van der Waals surface area contributed by atoms with E-state index in [0.29, 0.717) is 0 Å². The van der Waals surface area contributed by atoms with Crippen molar-refractivity contribution in [1.29, 1.82) is 0 Å². The summed E-state index contributed by atoms with van der Waals surface area (Å²) in [5.74, 6) is 0.892. The Labute approximate surface area is 117 Å². The molecular weight excluding hydrogens is 236 g/mol. The van der Waals surface area contributed by atoms with E-state index < -0.39 is 0 Å². The number of nitrogens with two attached hydrogens (primary N) is 1. The fourth-order valence-corrected chi connectivity index (χ4v) is 2.40. The second-order valence-electron chi connectivity index (χ2n) is 5.12. The molecule has 0 aliphatic rings. The molecular formula is C16H28N2O. The van der Waals surface area contributed by atoms with E-state index >= 15 is 0 Å². The molecule has 0 fully saturated rings. The minimum atomic E-state index is 0.162. The van der Waals surface area contributed by atoms with Crippen molar-refractivity contribution < 1.29 is 4.74 Å². The monoisotopic (exact) mass is 264 g/mol. The molecule has 1 rings (SSSR count). The van der Waals surface area contributed by atoms with Crippen molar-refractivity contribution in [2.75, 3.05) is 20.7 Å². The summed E-state index contributed by atoms with van der Waals surface area (Å²) in [6.07, 6.45) is 3.40. The molecule has 2 N–H and O–H groups in total. The topological polar surface area (TPSA) is 38.5 Å². The van der Waals surface area contributed by atoms with Crippen LogP contribution in [0.25, 0.3) is 0 Å². The highest BCUT2D eigenvalue weighted by Gasteiger charge is 2.22. The summed E-state index contributed by atoms with van der Waals surface area (Å²) in [6.45, 7) is 5.45. The number of hydrogen-bond acceptors (Lipinski definition) is 3. The Hall–Kier alpha value is -1.06. The van der Waals surface area contributed by atoms with Crippen LogP contribution < -0.4 is 10.5 Å². The maximum Gasteiger partial charge on any atom is 0.118 e. The highest BCUT2D eigenvalue weighted by atomic mass is 16.5. The van der Waals surface area contributed by atoms with E-state index in [1.807, 2.05) is 12.1 Å². The second-order valence-corrected chi connectivity index (χ2v) is 5.12. The van der Waals surface area contributed by atoms with Crippen LogP contribution in [0.2, 0.25) is 0 Å². The molecule has 0 aromatic heterocycles. The van der Waals surface area contributed by atoms with Gasteiger partial charge in [-0.3, -0.25) is 4.90 Å². The van der Waals surface area contributed by atoms with Gasteiger partial charge in [-0.1, -0.05) is 32.4 Å². The van der Waals surface area contributed by atoms with Crippen molar-refractivity contribution in [3.05, 3.63) is 29.8 Å². The number of likely N-dealkylation sites (N-methyl/N-ethyl adjacent to an activating group) is 1. The van der Waals surface area contributed by atoms with Crippen LogP contribution in [0.1, 0.15) is 44.7 Å². The van der Waals surface area contributed by atoms with Crippen molar-refractivity contribution in [2.24, 2.45) is 5.73 Å². The highest BCUT2D eigenvalue weighted by Crippen LogP contribution is 2.26. The zero-order valence-electron chi connectivity index (χ0n) is 12.7. The zero-order valence-corrected chi connectivity index (χ0v) is 12.7. The van der Waals surface area contributed by atoms with Gasteiger partial charge < -0.3 is 10.5 Å². The second kappa shape index (κ2) is 8.18. The molecule has 19 heavy (non-hydrogen) atoms. The average molecular weight is 264 g/mol. The maximum absolute atomic E-state index is 6.32. The first-order valence-electron chi connectivity index (χ1n) is 7.23. The molecule has 0 aliphatic carbocycles. The summed E-state index contributed by atoms with van der Waals surface area (Å²) < 4.78 is 5.22. The first-order chi connectivity index (χ1) is 9.13. The van der Waals surface area contributed by atoms with E-state index in [1.54, 1.807) is 7.11 Å². The standard InChI is InChI=1S/C16H28N2O/c1-5-7-12-18(3)16(15(17)6-2)13-8-10-14(19-4)11-9-13/h8-11,15-16H,5-7,12,17H2,1-4H3. The molecule has 3 nitrogen and oxygen atoms in total. The van der Waals surface area contributed by atoms with Gasteiger partial charge in [-0.05, 0) is 44.1 Å². The lowest BCUT2D eigenvalue weighted by Crippen LogP contribution is -2.39. The van der Waals surface area contributed by atoms with Gasteiger partial charge in [-0.25, -0.2) is 0 Å². The molecule has 0 spiro atoms. The average Bonchev–Trinajstić information content (AvgIpc) is 2.45. The Balaban J connectivity index is 2.88. The Kier molecular flexibility index (Phi) is 6.89. The molecule has 0 amide bonds. The van der Waals surface area contributed by atoms with Gasteiger partial charge in [0.25, 0.3) is 0 Å². The fourth-order valence-electron chi connectivity index (χ4n) is 2.40. The number of benzene rings is 1. The number of methoxy groups -OCH3 is 1. The van der Waals surface area contributed by atoms with Crippen LogP contribution in [0.15, 0.2) is 24.3 Å². The number of rotatable bonds is 8. The summed E-state index contributed by atoms with van der Waals surface area (Å²) in [5, 5.41) is 0. The lowest BCUT2D eigenvalue weighted by atomic mass is 9.96. The van der Waals surface area contributed by atoms with Gasteiger partial charge in [-0.15, -0.1) is 0 Å². The molecule has 1 aromatic rings. The molecule has 2 unspecified atom stereocenters. The van der Waals surface area contributed by atoms with Crippen molar-refractivity contribution in [1.82, 2.24) is 4.90 Å². The minimum Gasteiger partial charge on any atom is -0.497 e. The smallest absolute Gasteiger partial charge is 0.118 e. The van der Waals surface area contributed by atoms with Crippen LogP contribution >= 0.6 is 0 Å². The summed E-state index contributed by atoms with van der Waals surface area (Å²) >= 11 is 0. The van der Waals surface area contributed by atoms with E-state index in [9.17, 15) is 0 Å². The predicted octanol–water partition coefficient (Wildman–Crippen LogP) is 3.21. The van der Waals surface area contributed by atoms with Gasteiger partial charge in [0.05, 0.1) is 7.11 Å². The van der Waals surface area contributed by atoms with E-state index in [-0.39, 0.29) is 12.1 Å². The van der Waals surface area contributed by atoms with Crippen LogP contribution in [0.4, 0.5) is 0 Å². The lowest BCUT2D eigenvalue weighted by Gasteiger charge is -2.33. The Bertz CT molecular complexity index is 350. The Morgan fingerprint density at radius 1 is 1.21 bits per heavy atom. The maximum atomic E-state index is 6.32. The Morgan fingerprint density at radius 3 is 2.32 bits per heavy atom. The third-order valence-corrected chi connectivity index (χ3v) is 3.67. The largest absolute Gasteiger partial charge is 0.497 e. The van der Waals surface area contributed by atoms with Crippen molar-refractivity contribution in [2.45, 2.75) is 45.2 Å². The molecule has 0 heterocycles. The Morgan fingerprint density at radius 2 is 1.84 bits per heavy atom. The fraction of sp³-hybridized carbons (Fsp3) is 0.625. The quantitative estimate of drug-likeness (QED) is 0.783. The SMILES string of the molecule is CCCCN(C)C(c1ccc(OC)cc1)C(N)CC. The number of unbranched alkanes of at least 4 members (excludes halogenated alkanes) is 1. The molecule has 108 valence electrons. The minimum absolute atomic E-state index is 0.162. The van der Waals surface area contributed by atoms with Crippen LogP contribution in [0, 0.1) is 0 Å². The highest BCUT2D eigenvalue weighted by molar-refractivity contribution is 5.30. The third-order valence-electron chi connectivity index (χ3n) is 3.67. The number of nitrogens with zero attached hydrogens (tertiary/aromatic N) is 1. The molecule has 0 radical (unpaired) electrons. The first kappa shape index (κ1) is 16.0. The van der Waals surface area contributed by atoms with Crippen LogP contribution in [-0.2, 0) is 0 Å². The third kappa shape index (κ3) is 4.51. The predicted molar refractivity (Wildman–Crippen MR) is 81.5 cm³/mol. The van der Waals surface area contributed by atoms with Gasteiger partial charge in [0.15, 0.2) is 0 Å². The first-order valence-corrected chi connectivity index (χ1v) is 7.23. The summed E-state index contributed by atoms with van der Waals surface area (Å²) in [4.78, 5) is 2.37. The summed E-state index contributed by atoms with van der Waals surface area (Å²) in [7, 11) is 3.86. The zero-order chi connectivity index (χ0) is 14.3. The van der Waals surface area contributed by atoms with Gasteiger partial charge >= 0.3 is 0 Å². The molecule has 1 aromatic carbocycles. The molecule has 0 aliphatic heterocycles. The molecule has 0 saturated heterocycles. The van der Waals surface area contributed by atoms with Crippen LogP contribution in [-0.4, -0.2) is 31.6 Å². The van der Waals surface area contributed by atoms with Crippen molar-refractivity contribution >= 4 is 0 Å². The number of ether oxygens (including phenoxy) is 1. The van der Waals surface area contributed by atoms with E-state index in [0.717, 1.165) is 18.7 Å². The van der Waals surface area contributed by atoms with Crippen LogP contribution in [0.5, 0.6) is 5.75 Å². The van der Waals surface area contributed by atoms with Gasteiger partial charge in [-0.2, -0.15) is 0 Å². The molecule has 0 saturated carbocycles. The van der Waals surface area contributed by atoms with E-state index in [1.165, 1.54) is 18.4 Å². The number of hydrogen-bond donors (Lipinski definition) is 1. The van der Waals surface area contributed by atoms with Crippen molar-refractivity contribution in [3.8, 4) is 5.75 Å². The van der Waals surface area contributed by atoms with Gasteiger partial charge in [0, 0.05) is 12.1 Å². The van der Waals surface area contributed by atoms with Crippen LogP contribution in [0.3, 0.4) is 0 Å². The lowest BCUT2D eigenvalue weighted by molar-refractivity contribution is 0.207. The van der Waals surface area contributed by atoms with Gasteiger partial charge in [0.2, 0.25) is 0 Å². The van der Waals surface area contributed by atoms with Gasteiger partial charge in [0.1, 0.15) is 5.75 Å². The van der Waals surface area contributed by atoms with E-state index in [4.69, 9.17) is 10.5 Å². The van der Waals surface area contributed by atoms with E-state index in [2.05, 4.69) is 37.9 Å². The summed E-state index contributed by atoms with van der Waals surface area (Å²) in [6, 6.07) is 8.72. The molecule has 3 heteroatoms. The normalized spacial score (nSPS) is 14.4. The van der Waals surface area contributed by atoms with Crippen molar-refractivity contribution in [3.63, 3.8) is 0 Å². The summed E-state index contributed by atoms with van der Waals surface area (Å²) in [5.41, 5.74) is 7.59. The molecule has 0 bridgehead atoms.